The third kappa shape index (κ3) is 5.89. The Bertz CT molecular complexity index is 1670. The number of aromatic nitrogens is 3. The number of nitrogens with zero attached hydrogens (tertiary/aromatic N) is 5. The van der Waals surface area contributed by atoms with Gasteiger partial charge in [-0.15, -0.1) is 0 Å². The minimum atomic E-state index is -3.85. The van der Waals surface area contributed by atoms with Crippen LogP contribution in [-0.4, -0.2) is 72.8 Å². The molecule has 0 spiro atoms. The second-order valence-electron chi connectivity index (χ2n) is 9.67. The zero-order valence-corrected chi connectivity index (χ0v) is 22.9. The number of fused-ring (bicyclic) bond motifs is 1. The summed E-state index contributed by atoms with van der Waals surface area (Å²) in [5, 5.41) is 7.00. The van der Waals surface area contributed by atoms with E-state index >= 15 is 4.39 Å². The fourth-order valence-electron chi connectivity index (χ4n) is 4.53. The van der Waals surface area contributed by atoms with Crippen LogP contribution >= 0.6 is 0 Å². The number of sulfonamides is 1. The summed E-state index contributed by atoms with van der Waals surface area (Å²) in [6.45, 7) is 5.50. The van der Waals surface area contributed by atoms with Crippen molar-refractivity contribution in [3.63, 3.8) is 0 Å². The van der Waals surface area contributed by atoms with Gasteiger partial charge in [0.1, 0.15) is 11.4 Å². The van der Waals surface area contributed by atoms with Crippen LogP contribution in [0.2, 0.25) is 0 Å². The molecule has 13 heteroatoms. The topological polar surface area (TPSA) is 112 Å². The van der Waals surface area contributed by atoms with Crippen molar-refractivity contribution in [2.24, 2.45) is 0 Å². The lowest BCUT2D eigenvalue weighted by Crippen LogP contribution is -2.44. The first kappa shape index (κ1) is 27.5. The predicted molar refractivity (Wildman–Crippen MR) is 150 cm³/mol. The first-order valence-corrected chi connectivity index (χ1v) is 14.5. The molecule has 210 valence electrons. The fraction of sp³-hybridized carbons (Fsp3) is 0.296. The van der Waals surface area contributed by atoms with E-state index in [2.05, 4.69) is 49.1 Å². The zero-order chi connectivity index (χ0) is 28.4. The molecule has 1 fully saturated rings. The van der Waals surface area contributed by atoms with Gasteiger partial charge in [-0.25, -0.2) is 26.7 Å². The average molecular weight is 570 g/mol. The van der Waals surface area contributed by atoms with E-state index in [-0.39, 0.29) is 11.4 Å². The van der Waals surface area contributed by atoms with Crippen LogP contribution in [0.1, 0.15) is 23.7 Å². The zero-order valence-electron chi connectivity index (χ0n) is 22.1. The number of anilines is 3. The molecule has 0 atom stereocenters. The Labute approximate surface area is 230 Å². The predicted octanol–water partition coefficient (Wildman–Crippen LogP) is 3.83. The largest absolute Gasteiger partial charge is 0.369 e. The number of hydrogen-bond donors (Lipinski definition) is 2. The highest BCUT2D eigenvalue weighted by atomic mass is 32.2. The van der Waals surface area contributed by atoms with E-state index in [1.807, 2.05) is 12.1 Å². The minimum absolute atomic E-state index is 0.147. The Kier molecular flexibility index (Phi) is 7.68. The van der Waals surface area contributed by atoms with Gasteiger partial charge in [-0.2, -0.15) is 5.10 Å². The number of benzene rings is 2. The molecule has 40 heavy (non-hydrogen) atoms. The summed E-state index contributed by atoms with van der Waals surface area (Å²) in [4.78, 5) is 21.8. The maximum Gasteiger partial charge on any atom is 0.261 e. The molecule has 2 N–H and O–H groups in total. The summed E-state index contributed by atoms with van der Waals surface area (Å²) in [5.74, 6) is -3.79. The van der Waals surface area contributed by atoms with Gasteiger partial charge >= 0.3 is 0 Å². The van der Waals surface area contributed by atoms with Crippen LogP contribution in [0.4, 0.5) is 25.8 Å². The summed E-state index contributed by atoms with van der Waals surface area (Å²) in [6.07, 6.45) is 3.14. The molecule has 0 radical (unpaired) electrons. The summed E-state index contributed by atoms with van der Waals surface area (Å²) in [5.41, 5.74) is 1.92. The molecular weight excluding hydrogens is 540 g/mol. The van der Waals surface area contributed by atoms with E-state index < -0.39 is 38.8 Å². The molecule has 1 aliphatic rings. The standard InChI is InChI=1S/C27H29F2N7O3S/c1-3-13-40(38,39)33-22-8-7-21(28)25(26(22)29)27(37)31-19-16-30-24-15-23(32-36(24)17-19)18-5-4-6-20(14-18)35-11-9-34(2)10-12-35/h4-8,14-17,33H,3,9-13H2,1-2H3,(H,31,37). The Morgan fingerprint density at radius 1 is 1.07 bits per heavy atom. The van der Waals surface area contributed by atoms with E-state index in [1.165, 1.54) is 16.9 Å². The molecule has 1 amide bonds. The molecule has 0 unspecified atom stereocenters. The first-order valence-electron chi connectivity index (χ1n) is 12.8. The Morgan fingerprint density at radius 3 is 2.60 bits per heavy atom. The van der Waals surface area contributed by atoms with Crippen LogP contribution in [0.5, 0.6) is 0 Å². The number of halogens is 2. The second kappa shape index (κ2) is 11.2. The average Bonchev–Trinajstić information content (AvgIpc) is 3.34. The maximum absolute atomic E-state index is 15.0. The van der Waals surface area contributed by atoms with Crippen molar-refractivity contribution in [1.82, 2.24) is 19.5 Å². The number of likely N-dealkylation sites (N-methyl/N-ethyl adjacent to an activating group) is 1. The molecule has 5 rings (SSSR count). The SMILES string of the molecule is CCCS(=O)(=O)Nc1ccc(F)c(C(=O)Nc2cnc3cc(-c4cccc(N5CCN(C)CC5)c4)nn3c2)c1F. The van der Waals surface area contributed by atoms with Crippen molar-refractivity contribution in [1.29, 1.82) is 0 Å². The molecule has 0 bridgehead atoms. The highest BCUT2D eigenvalue weighted by Gasteiger charge is 2.23. The lowest BCUT2D eigenvalue weighted by atomic mass is 10.1. The van der Waals surface area contributed by atoms with Crippen molar-refractivity contribution in [3.8, 4) is 11.3 Å². The van der Waals surface area contributed by atoms with Gasteiger partial charge in [-0.05, 0) is 37.7 Å². The normalized spacial score (nSPS) is 14.4. The summed E-state index contributed by atoms with van der Waals surface area (Å²) in [6, 6.07) is 11.6. The monoisotopic (exact) mass is 569 g/mol. The van der Waals surface area contributed by atoms with E-state index in [0.717, 1.165) is 49.6 Å². The number of carbonyl (C=O) groups excluding carboxylic acids is 1. The van der Waals surface area contributed by atoms with E-state index in [4.69, 9.17) is 0 Å². The van der Waals surface area contributed by atoms with Gasteiger partial charge < -0.3 is 15.1 Å². The van der Waals surface area contributed by atoms with Crippen LogP contribution in [0, 0.1) is 11.6 Å². The smallest absolute Gasteiger partial charge is 0.261 e. The third-order valence-corrected chi connectivity index (χ3v) is 8.11. The summed E-state index contributed by atoms with van der Waals surface area (Å²) in [7, 11) is -1.74. The Balaban J connectivity index is 1.36. The van der Waals surface area contributed by atoms with Crippen molar-refractivity contribution in [2.45, 2.75) is 13.3 Å². The first-order chi connectivity index (χ1) is 19.1. The number of amides is 1. The molecule has 10 nitrogen and oxygen atoms in total. The number of rotatable bonds is 8. The third-order valence-electron chi connectivity index (χ3n) is 6.64. The van der Waals surface area contributed by atoms with Crippen molar-refractivity contribution >= 4 is 38.6 Å². The van der Waals surface area contributed by atoms with Crippen molar-refractivity contribution in [2.75, 3.05) is 53.9 Å². The number of nitrogens with one attached hydrogen (secondary N) is 2. The van der Waals surface area contributed by atoms with Crippen molar-refractivity contribution < 1.29 is 22.0 Å². The molecule has 1 saturated heterocycles. The maximum atomic E-state index is 15.0. The van der Waals surface area contributed by atoms with Gasteiger partial charge in [0.2, 0.25) is 10.0 Å². The molecular formula is C27H29F2N7O3S. The fourth-order valence-corrected chi connectivity index (χ4v) is 5.66. The number of piperazine rings is 1. The minimum Gasteiger partial charge on any atom is -0.369 e. The molecule has 3 heterocycles. The highest BCUT2D eigenvalue weighted by Crippen LogP contribution is 2.27. The van der Waals surface area contributed by atoms with E-state index in [0.29, 0.717) is 17.8 Å². The van der Waals surface area contributed by atoms with Gasteiger partial charge in [-0.1, -0.05) is 19.1 Å². The van der Waals surface area contributed by atoms with Crippen LogP contribution in [0.3, 0.4) is 0 Å². The molecule has 0 aliphatic carbocycles. The van der Waals surface area contributed by atoms with Gasteiger partial charge in [0, 0.05) is 43.5 Å². The molecule has 1 aliphatic heterocycles. The second-order valence-corrected chi connectivity index (χ2v) is 11.5. The summed E-state index contributed by atoms with van der Waals surface area (Å²) < 4.78 is 57.1. The van der Waals surface area contributed by atoms with Crippen LogP contribution < -0.4 is 14.9 Å². The Morgan fingerprint density at radius 2 is 1.85 bits per heavy atom. The highest BCUT2D eigenvalue weighted by molar-refractivity contribution is 7.92. The number of carbonyl (C=O) groups is 1. The molecule has 2 aromatic carbocycles. The van der Waals surface area contributed by atoms with Crippen LogP contribution in [-0.2, 0) is 10.0 Å². The van der Waals surface area contributed by atoms with Gasteiger partial charge in [0.15, 0.2) is 11.5 Å². The quantitative estimate of drug-likeness (QED) is 0.332. The van der Waals surface area contributed by atoms with Crippen molar-refractivity contribution in [3.05, 3.63) is 72.1 Å². The van der Waals surface area contributed by atoms with Gasteiger partial charge in [-0.3, -0.25) is 9.52 Å². The Hall–Kier alpha value is -4.10. The van der Waals surface area contributed by atoms with E-state index in [9.17, 15) is 17.6 Å². The molecule has 4 aromatic rings. The number of hydrogen-bond acceptors (Lipinski definition) is 7. The van der Waals surface area contributed by atoms with Crippen LogP contribution in [0.25, 0.3) is 16.9 Å². The lowest BCUT2D eigenvalue weighted by Gasteiger charge is -2.34. The van der Waals surface area contributed by atoms with Gasteiger partial charge in [0.25, 0.3) is 5.91 Å². The van der Waals surface area contributed by atoms with Gasteiger partial charge in [0.05, 0.1) is 35.2 Å². The molecule has 2 aromatic heterocycles. The lowest BCUT2D eigenvalue weighted by molar-refractivity contribution is 0.101. The molecule has 0 saturated carbocycles. The van der Waals surface area contributed by atoms with Crippen LogP contribution in [0.15, 0.2) is 54.9 Å². The summed E-state index contributed by atoms with van der Waals surface area (Å²) >= 11 is 0. The van der Waals surface area contributed by atoms with E-state index in [1.54, 1.807) is 13.0 Å².